The van der Waals surface area contributed by atoms with Crippen LogP contribution in [-0.2, 0) is 0 Å². The van der Waals surface area contributed by atoms with Gasteiger partial charge in [-0.1, -0.05) is 49.9 Å². The average Bonchev–Trinajstić information content (AvgIpc) is 2.46. The lowest BCUT2D eigenvalue weighted by atomic mass is 9.81. The highest BCUT2D eigenvalue weighted by atomic mass is 32.2. The summed E-state index contributed by atoms with van der Waals surface area (Å²) in [5, 5.41) is 27.2. The number of hydrogen-bond acceptors (Lipinski definition) is 5. The van der Waals surface area contributed by atoms with Crippen molar-refractivity contribution in [2.75, 3.05) is 0 Å². The molecule has 0 unspecified atom stereocenters. The van der Waals surface area contributed by atoms with E-state index in [-0.39, 0.29) is 5.04 Å². The van der Waals surface area contributed by atoms with Gasteiger partial charge in [0.15, 0.2) is 0 Å². The van der Waals surface area contributed by atoms with Gasteiger partial charge in [0.25, 0.3) is 0 Å². The SMILES string of the molecule is CC(C)c1ccc([C@H]2C(C#N)=C(N)SC(=N)[C@H]2C#N)cc1. The van der Waals surface area contributed by atoms with Crippen LogP contribution in [0.1, 0.15) is 36.8 Å². The van der Waals surface area contributed by atoms with Gasteiger partial charge in [-0.2, -0.15) is 10.5 Å². The van der Waals surface area contributed by atoms with Crippen molar-refractivity contribution in [3.05, 3.63) is 46.0 Å². The second-order valence-corrected chi connectivity index (χ2v) is 6.35. The van der Waals surface area contributed by atoms with Crippen LogP contribution in [0.5, 0.6) is 0 Å². The molecule has 1 aliphatic rings. The summed E-state index contributed by atoms with van der Waals surface area (Å²) < 4.78 is 0. The number of thioether (sulfide) groups is 1. The number of hydrogen-bond donors (Lipinski definition) is 2. The Hall–Kier alpha value is -2.24. The zero-order valence-corrected chi connectivity index (χ0v) is 12.7. The van der Waals surface area contributed by atoms with E-state index >= 15 is 0 Å². The lowest BCUT2D eigenvalue weighted by Crippen LogP contribution is -2.26. The Morgan fingerprint density at radius 1 is 1.24 bits per heavy atom. The minimum absolute atomic E-state index is 0.201. The number of allylic oxidation sites excluding steroid dienone is 1. The molecule has 4 nitrogen and oxygen atoms in total. The van der Waals surface area contributed by atoms with Crippen LogP contribution in [-0.4, -0.2) is 5.04 Å². The summed E-state index contributed by atoms with van der Waals surface area (Å²) in [6, 6.07) is 12.1. The molecule has 1 aliphatic heterocycles. The second-order valence-electron chi connectivity index (χ2n) is 5.26. The lowest BCUT2D eigenvalue weighted by molar-refractivity contribution is 0.727. The number of benzene rings is 1. The van der Waals surface area contributed by atoms with Gasteiger partial charge in [0.05, 0.1) is 27.8 Å². The van der Waals surface area contributed by atoms with E-state index in [0.717, 1.165) is 17.3 Å². The van der Waals surface area contributed by atoms with Crippen molar-refractivity contribution in [2.24, 2.45) is 11.7 Å². The normalized spacial score (nSPS) is 22.0. The summed E-state index contributed by atoms with van der Waals surface area (Å²) in [5.74, 6) is -0.682. The van der Waals surface area contributed by atoms with Crippen LogP contribution >= 0.6 is 11.8 Å². The van der Waals surface area contributed by atoms with E-state index in [2.05, 4.69) is 26.0 Å². The third-order valence-electron chi connectivity index (χ3n) is 3.63. The first-order chi connectivity index (χ1) is 9.99. The zero-order valence-electron chi connectivity index (χ0n) is 11.9. The summed E-state index contributed by atoms with van der Waals surface area (Å²) in [7, 11) is 0. The van der Waals surface area contributed by atoms with E-state index in [1.54, 1.807) is 0 Å². The van der Waals surface area contributed by atoms with Crippen molar-refractivity contribution >= 4 is 16.8 Å². The standard InChI is InChI=1S/C16H16N4S/c1-9(2)10-3-5-11(6-4-10)14-12(7-17)15(19)21-16(20)13(14)8-18/h3-6,9,12,14,19H,20H2,1-2H3/t12-,14+/m0/s1. The van der Waals surface area contributed by atoms with Crippen LogP contribution in [0.3, 0.4) is 0 Å². The molecule has 0 spiro atoms. The van der Waals surface area contributed by atoms with Crippen LogP contribution in [0.2, 0.25) is 0 Å². The van der Waals surface area contributed by atoms with Crippen molar-refractivity contribution in [1.82, 2.24) is 0 Å². The molecule has 1 heterocycles. The minimum atomic E-state index is -0.651. The molecule has 3 N–H and O–H groups in total. The van der Waals surface area contributed by atoms with Gasteiger partial charge >= 0.3 is 0 Å². The Kier molecular flexibility index (Phi) is 4.35. The van der Waals surface area contributed by atoms with Crippen LogP contribution in [0.4, 0.5) is 0 Å². The van der Waals surface area contributed by atoms with Crippen molar-refractivity contribution < 1.29 is 0 Å². The molecule has 2 rings (SSSR count). The first kappa shape index (κ1) is 15.2. The van der Waals surface area contributed by atoms with Crippen LogP contribution in [0.25, 0.3) is 0 Å². The van der Waals surface area contributed by atoms with Gasteiger partial charge in [-0.15, -0.1) is 0 Å². The van der Waals surface area contributed by atoms with Crippen molar-refractivity contribution in [1.29, 1.82) is 15.9 Å². The van der Waals surface area contributed by atoms with Gasteiger partial charge in [0.1, 0.15) is 5.92 Å². The maximum atomic E-state index is 9.36. The molecule has 0 saturated carbocycles. The molecule has 0 radical (unpaired) electrons. The third-order valence-corrected chi connectivity index (χ3v) is 4.55. The summed E-state index contributed by atoms with van der Waals surface area (Å²) in [6.07, 6.45) is 0. The number of nitrogens with one attached hydrogen (secondary N) is 1. The lowest BCUT2D eigenvalue weighted by Gasteiger charge is -2.28. The van der Waals surface area contributed by atoms with E-state index in [1.807, 2.05) is 24.3 Å². The summed E-state index contributed by atoms with van der Waals surface area (Å²) >= 11 is 1.01. The number of nitriles is 2. The zero-order chi connectivity index (χ0) is 15.6. The molecule has 21 heavy (non-hydrogen) atoms. The molecule has 0 saturated heterocycles. The third kappa shape index (κ3) is 2.79. The molecule has 0 amide bonds. The Morgan fingerprint density at radius 3 is 2.33 bits per heavy atom. The fourth-order valence-corrected chi connectivity index (χ4v) is 3.25. The fraction of sp³-hybridized carbons (Fsp3) is 0.312. The van der Waals surface area contributed by atoms with Gasteiger partial charge in [-0.3, -0.25) is 5.41 Å². The molecule has 0 bridgehead atoms. The van der Waals surface area contributed by atoms with Crippen molar-refractivity contribution in [3.8, 4) is 12.1 Å². The fourth-order valence-electron chi connectivity index (χ4n) is 2.41. The van der Waals surface area contributed by atoms with Gasteiger partial charge in [-0.25, -0.2) is 0 Å². The van der Waals surface area contributed by atoms with Gasteiger partial charge < -0.3 is 5.73 Å². The highest BCUT2D eigenvalue weighted by Crippen LogP contribution is 2.42. The minimum Gasteiger partial charge on any atom is -0.392 e. The monoisotopic (exact) mass is 296 g/mol. The Bertz CT molecular complexity index is 674. The largest absolute Gasteiger partial charge is 0.392 e. The van der Waals surface area contributed by atoms with Gasteiger partial charge in [-0.05, 0) is 17.0 Å². The molecule has 106 valence electrons. The van der Waals surface area contributed by atoms with Crippen LogP contribution in [0, 0.1) is 34.0 Å². The smallest absolute Gasteiger partial charge is 0.106 e. The molecular formula is C16H16N4S. The first-order valence-corrected chi connectivity index (χ1v) is 7.46. The summed E-state index contributed by atoms with van der Waals surface area (Å²) in [4.78, 5) is 0. The Morgan fingerprint density at radius 2 is 1.86 bits per heavy atom. The number of nitrogens with two attached hydrogens (primary N) is 1. The molecule has 0 aliphatic carbocycles. The quantitative estimate of drug-likeness (QED) is 0.873. The van der Waals surface area contributed by atoms with E-state index in [9.17, 15) is 10.5 Å². The van der Waals surface area contributed by atoms with Crippen LogP contribution < -0.4 is 5.73 Å². The van der Waals surface area contributed by atoms with E-state index in [4.69, 9.17) is 11.1 Å². The van der Waals surface area contributed by atoms with Crippen molar-refractivity contribution in [3.63, 3.8) is 0 Å². The molecule has 1 aromatic rings. The van der Waals surface area contributed by atoms with Gasteiger partial charge in [0.2, 0.25) is 0 Å². The maximum Gasteiger partial charge on any atom is 0.106 e. The number of rotatable bonds is 2. The predicted molar refractivity (Wildman–Crippen MR) is 84.5 cm³/mol. The molecule has 2 atom stereocenters. The summed E-state index contributed by atoms with van der Waals surface area (Å²) in [5.41, 5.74) is 8.32. The molecule has 1 aromatic carbocycles. The van der Waals surface area contributed by atoms with Gasteiger partial charge in [0, 0.05) is 5.92 Å². The first-order valence-electron chi connectivity index (χ1n) is 6.65. The van der Waals surface area contributed by atoms with E-state index < -0.39 is 11.8 Å². The van der Waals surface area contributed by atoms with E-state index in [0.29, 0.717) is 16.5 Å². The van der Waals surface area contributed by atoms with Crippen molar-refractivity contribution in [2.45, 2.75) is 25.7 Å². The molecule has 0 aromatic heterocycles. The Balaban J connectivity index is 2.52. The molecule has 5 heteroatoms. The summed E-state index contributed by atoms with van der Waals surface area (Å²) in [6.45, 7) is 4.22. The second kappa shape index (κ2) is 6.03. The van der Waals surface area contributed by atoms with Crippen LogP contribution in [0.15, 0.2) is 34.9 Å². The Labute approximate surface area is 128 Å². The number of nitrogens with zero attached hydrogens (tertiary/aromatic N) is 2. The predicted octanol–water partition coefficient (Wildman–Crippen LogP) is 3.45. The highest BCUT2D eigenvalue weighted by Gasteiger charge is 2.36. The maximum absolute atomic E-state index is 9.36. The molecule has 0 fully saturated rings. The van der Waals surface area contributed by atoms with E-state index in [1.165, 1.54) is 5.56 Å². The highest BCUT2D eigenvalue weighted by molar-refractivity contribution is 8.17. The topological polar surface area (TPSA) is 97.4 Å². The average molecular weight is 296 g/mol. The molecular weight excluding hydrogens is 280 g/mol.